The third-order valence-electron chi connectivity index (χ3n) is 2.07. The van der Waals surface area contributed by atoms with E-state index in [4.69, 9.17) is 6.42 Å². The van der Waals surface area contributed by atoms with E-state index in [2.05, 4.69) is 10.9 Å². The van der Waals surface area contributed by atoms with E-state index in [9.17, 15) is 13.2 Å². The Morgan fingerprint density at radius 3 is 2.40 bits per heavy atom. The standard InChI is InChI=1S/C11H10F3N/c1-4-10(2,3)9-8(11(12,13)14)6-5-7-15-9/h1,5-7H,2-3H3. The summed E-state index contributed by atoms with van der Waals surface area (Å²) < 4.78 is 37.8. The van der Waals surface area contributed by atoms with Crippen LogP contribution in [0.5, 0.6) is 0 Å². The van der Waals surface area contributed by atoms with Gasteiger partial charge in [-0.2, -0.15) is 13.2 Å². The molecule has 1 rings (SSSR count). The Balaban J connectivity index is 3.39. The summed E-state index contributed by atoms with van der Waals surface area (Å²) in [6.07, 6.45) is 2.08. The first kappa shape index (κ1) is 11.6. The van der Waals surface area contributed by atoms with Gasteiger partial charge >= 0.3 is 6.18 Å². The summed E-state index contributed by atoms with van der Waals surface area (Å²) in [7, 11) is 0. The molecule has 0 aliphatic carbocycles. The summed E-state index contributed by atoms with van der Waals surface area (Å²) in [6, 6.07) is 2.24. The molecular weight excluding hydrogens is 203 g/mol. The van der Waals surface area contributed by atoms with E-state index in [1.54, 1.807) is 0 Å². The molecule has 80 valence electrons. The second-order valence-electron chi connectivity index (χ2n) is 3.67. The van der Waals surface area contributed by atoms with Gasteiger partial charge in [-0.25, -0.2) is 0 Å². The van der Waals surface area contributed by atoms with E-state index in [0.29, 0.717) is 0 Å². The number of pyridine rings is 1. The molecule has 1 heterocycles. The third kappa shape index (κ3) is 2.30. The first-order valence-electron chi connectivity index (χ1n) is 4.29. The van der Waals surface area contributed by atoms with Gasteiger partial charge in [0, 0.05) is 6.20 Å². The molecule has 4 heteroatoms. The second-order valence-corrected chi connectivity index (χ2v) is 3.67. The molecule has 0 aliphatic heterocycles. The van der Waals surface area contributed by atoms with E-state index in [1.165, 1.54) is 26.1 Å². The predicted molar refractivity (Wildman–Crippen MR) is 51.1 cm³/mol. The maximum atomic E-state index is 12.6. The molecule has 0 aromatic carbocycles. The van der Waals surface area contributed by atoms with E-state index in [1.807, 2.05) is 0 Å². The van der Waals surface area contributed by atoms with Gasteiger partial charge in [-0.05, 0) is 26.0 Å². The number of aromatic nitrogens is 1. The Morgan fingerprint density at radius 2 is 1.93 bits per heavy atom. The molecule has 0 saturated carbocycles. The number of terminal acetylenes is 1. The van der Waals surface area contributed by atoms with Crippen LogP contribution in [0.25, 0.3) is 0 Å². The van der Waals surface area contributed by atoms with Crippen molar-refractivity contribution in [3.05, 3.63) is 29.6 Å². The van der Waals surface area contributed by atoms with E-state index in [-0.39, 0.29) is 5.69 Å². The SMILES string of the molecule is C#CC(C)(C)c1ncccc1C(F)(F)F. The first-order valence-corrected chi connectivity index (χ1v) is 4.29. The summed E-state index contributed by atoms with van der Waals surface area (Å²) >= 11 is 0. The van der Waals surface area contributed by atoms with Crippen molar-refractivity contribution >= 4 is 0 Å². The molecule has 0 unspecified atom stereocenters. The van der Waals surface area contributed by atoms with Gasteiger partial charge in [0.1, 0.15) is 0 Å². The molecule has 0 atom stereocenters. The zero-order valence-electron chi connectivity index (χ0n) is 8.39. The lowest BCUT2D eigenvalue weighted by Crippen LogP contribution is -2.22. The van der Waals surface area contributed by atoms with Crippen LogP contribution >= 0.6 is 0 Å². The van der Waals surface area contributed by atoms with Crippen molar-refractivity contribution in [2.45, 2.75) is 25.4 Å². The van der Waals surface area contributed by atoms with Gasteiger partial charge < -0.3 is 0 Å². The van der Waals surface area contributed by atoms with Crippen LogP contribution in [0, 0.1) is 12.3 Å². The summed E-state index contributed by atoms with van der Waals surface area (Å²) in [6.45, 7) is 3.06. The third-order valence-corrected chi connectivity index (χ3v) is 2.07. The van der Waals surface area contributed by atoms with Gasteiger partial charge in [0.2, 0.25) is 0 Å². The van der Waals surface area contributed by atoms with E-state index >= 15 is 0 Å². The second kappa shape index (κ2) is 3.58. The molecule has 0 radical (unpaired) electrons. The van der Waals surface area contributed by atoms with Crippen LogP contribution in [-0.2, 0) is 11.6 Å². The van der Waals surface area contributed by atoms with Crippen LogP contribution in [0.1, 0.15) is 25.1 Å². The quantitative estimate of drug-likeness (QED) is 0.653. The van der Waals surface area contributed by atoms with Crippen molar-refractivity contribution < 1.29 is 13.2 Å². The van der Waals surface area contributed by atoms with Gasteiger partial charge in [0.25, 0.3) is 0 Å². The fourth-order valence-corrected chi connectivity index (χ4v) is 1.20. The van der Waals surface area contributed by atoms with Crippen molar-refractivity contribution in [3.8, 4) is 12.3 Å². The van der Waals surface area contributed by atoms with Crippen molar-refractivity contribution in [2.75, 3.05) is 0 Å². The molecule has 0 amide bonds. The first-order chi connectivity index (χ1) is 6.79. The minimum atomic E-state index is -4.42. The van der Waals surface area contributed by atoms with Gasteiger partial charge in [-0.3, -0.25) is 4.98 Å². The molecular formula is C11H10F3N. The lowest BCUT2D eigenvalue weighted by molar-refractivity contribution is -0.138. The topological polar surface area (TPSA) is 12.9 Å². The largest absolute Gasteiger partial charge is 0.418 e. The number of rotatable bonds is 1. The Labute approximate surface area is 86.3 Å². The van der Waals surface area contributed by atoms with E-state index in [0.717, 1.165) is 6.07 Å². The number of halogens is 3. The predicted octanol–water partition coefficient (Wildman–Crippen LogP) is 3.01. The average molecular weight is 213 g/mol. The molecule has 0 saturated heterocycles. The van der Waals surface area contributed by atoms with Crippen LogP contribution < -0.4 is 0 Å². The smallest absolute Gasteiger partial charge is 0.259 e. The summed E-state index contributed by atoms with van der Waals surface area (Å²) in [5.41, 5.74) is -1.90. The average Bonchev–Trinajstić information content (AvgIpc) is 2.16. The van der Waals surface area contributed by atoms with Crippen LogP contribution in [-0.4, -0.2) is 4.98 Å². The minimum absolute atomic E-state index is 0.111. The monoisotopic (exact) mass is 213 g/mol. The van der Waals surface area contributed by atoms with E-state index < -0.39 is 17.2 Å². The normalized spacial score (nSPS) is 12.3. The highest BCUT2D eigenvalue weighted by Gasteiger charge is 2.37. The van der Waals surface area contributed by atoms with Crippen LogP contribution in [0.2, 0.25) is 0 Å². The molecule has 0 fully saturated rings. The molecule has 1 aromatic rings. The number of nitrogens with zero attached hydrogens (tertiary/aromatic N) is 1. The molecule has 0 bridgehead atoms. The van der Waals surface area contributed by atoms with Gasteiger partial charge in [0.15, 0.2) is 0 Å². The lowest BCUT2D eigenvalue weighted by atomic mass is 9.87. The fourth-order valence-electron chi connectivity index (χ4n) is 1.20. The Morgan fingerprint density at radius 1 is 1.33 bits per heavy atom. The molecule has 0 N–H and O–H groups in total. The van der Waals surface area contributed by atoms with Crippen molar-refractivity contribution in [1.29, 1.82) is 0 Å². The van der Waals surface area contributed by atoms with Crippen molar-refractivity contribution in [1.82, 2.24) is 4.98 Å². The number of alkyl halides is 3. The number of hydrogen-bond donors (Lipinski definition) is 0. The maximum absolute atomic E-state index is 12.6. The molecule has 0 spiro atoms. The maximum Gasteiger partial charge on any atom is 0.418 e. The van der Waals surface area contributed by atoms with Crippen LogP contribution in [0.3, 0.4) is 0 Å². The van der Waals surface area contributed by atoms with Crippen molar-refractivity contribution in [2.24, 2.45) is 0 Å². The summed E-state index contributed by atoms with van der Waals surface area (Å²) in [4.78, 5) is 3.73. The highest BCUT2D eigenvalue weighted by atomic mass is 19.4. The number of hydrogen-bond acceptors (Lipinski definition) is 1. The fraction of sp³-hybridized carbons (Fsp3) is 0.364. The molecule has 0 aliphatic rings. The Bertz CT molecular complexity index is 399. The Hall–Kier alpha value is -1.50. The highest BCUT2D eigenvalue weighted by molar-refractivity contribution is 5.34. The highest BCUT2D eigenvalue weighted by Crippen LogP contribution is 2.35. The van der Waals surface area contributed by atoms with Gasteiger partial charge in [0.05, 0.1) is 16.7 Å². The summed E-state index contributed by atoms with van der Waals surface area (Å²) in [5, 5.41) is 0. The van der Waals surface area contributed by atoms with Crippen LogP contribution in [0.15, 0.2) is 18.3 Å². The van der Waals surface area contributed by atoms with Crippen LogP contribution in [0.4, 0.5) is 13.2 Å². The molecule has 1 aromatic heterocycles. The van der Waals surface area contributed by atoms with Crippen molar-refractivity contribution in [3.63, 3.8) is 0 Å². The zero-order chi connectivity index (χ0) is 11.7. The molecule has 1 nitrogen and oxygen atoms in total. The Kier molecular flexibility index (Phi) is 2.76. The summed E-state index contributed by atoms with van der Waals surface area (Å²) in [5.74, 6) is 2.31. The van der Waals surface area contributed by atoms with Gasteiger partial charge in [-0.1, -0.05) is 5.92 Å². The lowest BCUT2D eigenvalue weighted by Gasteiger charge is -2.21. The molecule has 15 heavy (non-hydrogen) atoms. The zero-order valence-corrected chi connectivity index (χ0v) is 8.39. The minimum Gasteiger partial charge on any atom is -0.259 e. The van der Waals surface area contributed by atoms with Gasteiger partial charge in [-0.15, -0.1) is 6.42 Å².